The molecule has 4 aromatic carbocycles. The third kappa shape index (κ3) is 7.11. The van der Waals surface area contributed by atoms with Gasteiger partial charge in [-0.25, -0.2) is 0 Å². The van der Waals surface area contributed by atoms with Crippen molar-refractivity contribution in [1.29, 1.82) is 0 Å². The second-order valence-corrected chi connectivity index (χ2v) is 11.7. The lowest BCUT2D eigenvalue weighted by atomic mass is 9.83. The molecule has 1 atom stereocenters. The molecule has 0 saturated carbocycles. The molecule has 0 aliphatic carbocycles. The minimum Gasteiger partial charge on any atom is -0.496 e. The van der Waals surface area contributed by atoms with E-state index >= 15 is 0 Å². The summed E-state index contributed by atoms with van der Waals surface area (Å²) in [5.41, 5.74) is 6.35. The van der Waals surface area contributed by atoms with Crippen LogP contribution in [0.5, 0.6) is 17.2 Å². The minimum atomic E-state index is -0.886. The fourth-order valence-electron chi connectivity index (χ4n) is 4.82. The molecule has 1 unspecified atom stereocenters. The number of ether oxygens (including phenoxy) is 2. The van der Waals surface area contributed by atoms with Gasteiger partial charge in [0.2, 0.25) is 0 Å². The number of benzene rings is 4. The van der Waals surface area contributed by atoms with Crippen molar-refractivity contribution in [2.24, 2.45) is 0 Å². The molecule has 1 N–H and O–H groups in total. The first-order valence-electron chi connectivity index (χ1n) is 12.9. The predicted molar refractivity (Wildman–Crippen MR) is 164 cm³/mol. The number of aliphatic carboxylic acids is 1. The fraction of sp³-hybridized carbons (Fsp3) is 0.242. The number of halogens is 2. The summed E-state index contributed by atoms with van der Waals surface area (Å²) in [6.07, 6.45) is 0.708. The summed E-state index contributed by atoms with van der Waals surface area (Å²) in [5.74, 6) is 1.48. The van der Waals surface area contributed by atoms with Crippen LogP contribution in [0, 0.1) is 6.92 Å². The third-order valence-corrected chi connectivity index (χ3v) is 7.89. The van der Waals surface area contributed by atoms with Gasteiger partial charge in [0, 0.05) is 17.0 Å². The van der Waals surface area contributed by atoms with Crippen LogP contribution in [-0.2, 0) is 17.6 Å². The fourth-order valence-corrected chi connectivity index (χ4v) is 6.26. The average molecular weight is 652 g/mol. The molecule has 0 aliphatic heterocycles. The summed E-state index contributed by atoms with van der Waals surface area (Å²) in [7, 11) is 1.71. The summed E-state index contributed by atoms with van der Waals surface area (Å²) in [6.45, 7) is 6.38. The number of carbonyl (C=O) groups is 1. The maximum absolute atomic E-state index is 11.3. The third-order valence-electron chi connectivity index (χ3n) is 6.71. The van der Waals surface area contributed by atoms with Crippen molar-refractivity contribution in [3.8, 4) is 17.2 Å². The van der Waals surface area contributed by atoms with Crippen LogP contribution in [0.4, 0.5) is 0 Å². The van der Waals surface area contributed by atoms with Gasteiger partial charge in [0.15, 0.2) is 5.75 Å². The molecule has 0 saturated heterocycles. The summed E-state index contributed by atoms with van der Waals surface area (Å²) in [5, 5.41) is 9.26. The molecule has 0 fully saturated rings. The zero-order chi connectivity index (χ0) is 28.1. The molecule has 4 nitrogen and oxygen atoms in total. The van der Waals surface area contributed by atoms with Gasteiger partial charge in [-0.15, -0.1) is 0 Å². The van der Waals surface area contributed by atoms with Crippen molar-refractivity contribution in [2.75, 3.05) is 7.11 Å². The van der Waals surface area contributed by atoms with Crippen LogP contribution in [0.3, 0.4) is 0 Å². The molecule has 39 heavy (non-hydrogen) atoms. The first-order chi connectivity index (χ1) is 18.7. The summed E-state index contributed by atoms with van der Waals surface area (Å²) in [6, 6.07) is 26.8. The van der Waals surface area contributed by atoms with Crippen molar-refractivity contribution >= 4 is 37.8 Å². The topological polar surface area (TPSA) is 55.8 Å². The lowest BCUT2D eigenvalue weighted by Crippen LogP contribution is -2.09. The monoisotopic (exact) mass is 650 g/mol. The second-order valence-electron chi connectivity index (χ2n) is 10.0. The Hall–Kier alpha value is -3.09. The molecular weight excluding hydrogens is 620 g/mol. The van der Waals surface area contributed by atoms with Crippen LogP contribution in [0.2, 0.25) is 0 Å². The molecule has 0 aromatic heterocycles. The van der Waals surface area contributed by atoms with E-state index < -0.39 is 5.97 Å². The highest BCUT2D eigenvalue weighted by molar-refractivity contribution is 9.11. The van der Waals surface area contributed by atoms with Crippen LogP contribution in [0.25, 0.3) is 0 Å². The Balaban J connectivity index is 1.90. The number of rotatable bonds is 10. The quantitative estimate of drug-likeness (QED) is 0.186. The van der Waals surface area contributed by atoms with E-state index in [1.807, 2.05) is 6.07 Å². The van der Waals surface area contributed by atoms with E-state index in [1.54, 1.807) is 19.2 Å². The van der Waals surface area contributed by atoms with Gasteiger partial charge >= 0.3 is 5.97 Å². The van der Waals surface area contributed by atoms with Crippen molar-refractivity contribution in [3.05, 3.63) is 121 Å². The molecule has 0 radical (unpaired) electrons. The summed E-state index contributed by atoms with van der Waals surface area (Å²) in [4.78, 5) is 11.3. The van der Waals surface area contributed by atoms with E-state index in [2.05, 4.69) is 113 Å². The van der Waals surface area contributed by atoms with Gasteiger partial charge < -0.3 is 14.6 Å². The summed E-state index contributed by atoms with van der Waals surface area (Å²) >= 11 is 7.24. The SMILES string of the molecule is COc1cc(C(Cc2ccccc2)c2cccc(C)c2)c(Oc2c(Br)cc(CC(=O)O)cc2Br)cc1C(C)C. The maximum Gasteiger partial charge on any atom is 0.307 e. The molecule has 6 heteroatoms. The van der Waals surface area contributed by atoms with E-state index in [0.29, 0.717) is 20.3 Å². The Kier molecular flexibility index (Phi) is 9.52. The van der Waals surface area contributed by atoms with E-state index in [4.69, 9.17) is 9.47 Å². The maximum atomic E-state index is 11.3. The smallest absolute Gasteiger partial charge is 0.307 e. The van der Waals surface area contributed by atoms with E-state index in [1.165, 1.54) is 16.7 Å². The average Bonchev–Trinajstić information content (AvgIpc) is 2.89. The normalized spacial score (nSPS) is 11.9. The Bertz CT molecular complexity index is 1440. The zero-order valence-electron chi connectivity index (χ0n) is 22.5. The predicted octanol–water partition coefficient (Wildman–Crippen LogP) is 9.45. The van der Waals surface area contributed by atoms with Crippen molar-refractivity contribution in [3.63, 3.8) is 0 Å². The van der Waals surface area contributed by atoms with Gasteiger partial charge in [-0.1, -0.05) is 74.0 Å². The first kappa shape index (κ1) is 28.9. The van der Waals surface area contributed by atoms with Crippen LogP contribution in [-0.4, -0.2) is 18.2 Å². The van der Waals surface area contributed by atoms with Crippen molar-refractivity contribution in [2.45, 2.75) is 45.4 Å². The second kappa shape index (κ2) is 12.8. The Labute approximate surface area is 247 Å². The Morgan fingerprint density at radius 2 is 1.51 bits per heavy atom. The van der Waals surface area contributed by atoms with Crippen molar-refractivity contribution < 1.29 is 19.4 Å². The molecule has 202 valence electrons. The summed E-state index contributed by atoms with van der Waals surface area (Å²) < 4.78 is 13.9. The lowest BCUT2D eigenvalue weighted by molar-refractivity contribution is -0.136. The highest BCUT2D eigenvalue weighted by atomic mass is 79.9. The molecule has 0 bridgehead atoms. The molecule has 4 rings (SSSR count). The van der Waals surface area contributed by atoms with Gasteiger partial charge in [0.25, 0.3) is 0 Å². The Morgan fingerprint density at radius 3 is 2.10 bits per heavy atom. The van der Waals surface area contributed by atoms with Crippen molar-refractivity contribution in [1.82, 2.24) is 0 Å². The number of carboxylic acids is 1. The number of aryl methyl sites for hydroxylation is 1. The standard InChI is InChI=1S/C33H32Br2O4/c1-20(2)25-18-31(39-33-28(34)15-23(16-29(33)35)17-32(36)37)27(19-30(25)38-4)26(14-22-10-6-5-7-11-22)24-12-8-9-21(3)13-24/h5-13,15-16,18-20,26H,14,17H2,1-4H3,(H,36,37). The van der Waals surface area contributed by atoms with Crippen LogP contribution in [0.15, 0.2) is 87.8 Å². The molecule has 0 heterocycles. The largest absolute Gasteiger partial charge is 0.496 e. The van der Waals surface area contributed by atoms with Crippen LogP contribution in [0.1, 0.15) is 59.1 Å². The highest BCUT2D eigenvalue weighted by Crippen LogP contribution is 2.45. The van der Waals surface area contributed by atoms with E-state index in [0.717, 1.165) is 29.0 Å². The lowest BCUT2D eigenvalue weighted by Gasteiger charge is -2.25. The van der Waals surface area contributed by atoms with Gasteiger partial charge in [0.05, 0.1) is 22.5 Å². The molecule has 0 aliphatic rings. The molecule has 0 spiro atoms. The number of carboxylic acid groups (broad SMARTS) is 1. The van der Waals surface area contributed by atoms with Gasteiger partial charge in [-0.05, 0) is 92.1 Å². The van der Waals surface area contributed by atoms with Crippen LogP contribution < -0.4 is 9.47 Å². The number of methoxy groups -OCH3 is 1. The number of hydrogen-bond acceptors (Lipinski definition) is 3. The number of hydrogen-bond donors (Lipinski definition) is 1. The first-order valence-corrected chi connectivity index (χ1v) is 14.4. The van der Waals surface area contributed by atoms with E-state index in [-0.39, 0.29) is 18.3 Å². The van der Waals surface area contributed by atoms with E-state index in [9.17, 15) is 9.90 Å². The highest BCUT2D eigenvalue weighted by Gasteiger charge is 2.25. The molecule has 0 amide bonds. The molecular formula is C33H32Br2O4. The Morgan fingerprint density at radius 1 is 0.846 bits per heavy atom. The van der Waals surface area contributed by atoms with Crippen LogP contribution >= 0.6 is 31.9 Å². The zero-order valence-corrected chi connectivity index (χ0v) is 25.7. The van der Waals surface area contributed by atoms with Gasteiger partial charge in [-0.3, -0.25) is 4.79 Å². The van der Waals surface area contributed by atoms with Gasteiger partial charge in [0.1, 0.15) is 11.5 Å². The van der Waals surface area contributed by atoms with Gasteiger partial charge in [-0.2, -0.15) is 0 Å². The molecule has 4 aromatic rings. The minimum absolute atomic E-state index is 0.00115.